The van der Waals surface area contributed by atoms with Gasteiger partial charge in [0.2, 0.25) is 0 Å². The summed E-state index contributed by atoms with van der Waals surface area (Å²) in [6.07, 6.45) is 1.15. The van der Waals surface area contributed by atoms with Crippen LogP contribution in [0.15, 0.2) is 9.82 Å². The lowest BCUT2D eigenvalue weighted by atomic mass is 10.1. The average Bonchev–Trinajstić information content (AvgIpc) is 2.58. The Morgan fingerprint density at radius 2 is 2.47 bits per heavy atom. The Kier molecular flexibility index (Phi) is 2.53. The molecule has 2 heterocycles. The van der Waals surface area contributed by atoms with Crippen molar-refractivity contribution in [3.05, 3.63) is 21.7 Å². The van der Waals surface area contributed by atoms with Gasteiger partial charge in [0.1, 0.15) is 10.9 Å². The third-order valence-electron chi connectivity index (χ3n) is 2.60. The van der Waals surface area contributed by atoms with Crippen LogP contribution < -0.4 is 5.56 Å². The molecule has 0 saturated heterocycles. The highest BCUT2D eigenvalue weighted by molar-refractivity contribution is 8.00. The summed E-state index contributed by atoms with van der Waals surface area (Å²) in [7, 11) is 1.73. The number of nitriles is 1. The first-order valence-corrected chi connectivity index (χ1v) is 5.61. The van der Waals surface area contributed by atoms with E-state index in [-0.39, 0.29) is 10.8 Å². The van der Waals surface area contributed by atoms with Crippen LogP contribution in [0.3, 0.4) is 0 Å². The molecule has 0 N–H and O–H groups in total. The van der Waals surface area contributed by atoms with Crippen molar-refractivity contribution in [2.45, 2.75) is 30.0 Å². The van der Waals surface area contributed by atoms with Gasteiger partial charge >= 0.3 is 0 Å². The van der Waals surface area contributed by atoms with Crippen molar-refractivity contribution in [1.82, 2.24) is 9.55 Å². The Morgan fingerprint density at radius 3 is 3.13 bits per heavy atom. The lowest BCUT2D eigenvalue weighted by Gasteiger charge is -2.04. The second-order valence-corrected chi connectivity index (χ2v) is 4.90. The third kappa shape index (κ3) is 1.65. The lowest BCUT2D eigenvalue weighted by molar-refractivity contribution is 0.722. The molecule has 0 fully saturated rings. The maximum Gasteiger partial charge on any atom is 0.257 e. The molecule has 1 aliphatic rings. The highest BCUT2D eigenvalue weighted by atomic mass is 32.2. The van der Waals surface area contributed by atoms with Crippen molar-refractivity contribution >= 4 is 11.8 Å². The molecule has 0 aromatic carbocycles. The average molecular weight is 221 g/mol. The van der Waals surface area contributed by atoms with E-state index in [1.807, 2.05) is 6.92 Å². The number of hydrogen-bond acceptors (Lipinski definition) is 4. The van der Waals surface area contributed by atoms with Crippen LogP contribution in [0.25, 0.3) is 0 Å². The molecule has 15 heavy (non-hydrogen) atoms. The van der Waals surface area contributed by atoms with Gasteiger partial charge in [-0.05, 0) is 13.3 Å². The van der Waals surface area contributed by atoms with Gasteiger partial charge in [0, 0.05) is 18.7 Å². The van der Waals surface area contributed by atoms with Gasteiger partial charge in [0.15, 0.2) is 0 Å². The number of thioether (sulfide) groups is 1. The second-order valence-electron chi connectivity index (χ2n) is 3.61. The Hall–Kier alpha value is -1.28. The van der Waals surface area contributed by atoms with E-state index in [4.69, 9.17) is 5.26 Å². The molecule has 0 saturated carbocycles. The van der Waals surface area contributed by atoms with Gasteiger partial charge in [0.05, 0.1) is 11.6 Å². The maximum atomic E-state index is 11.9. The smallest absolute Gasteiger partial charge is 0.257 e. The van der Waals surface area contributed by atoms with Gasteiger partial charge in [-0.25, -0.2) is 4.98 Å². The van der Waals surface area contributed by atoms with E-state index in [2.05, 4.69) is 11.1 Å². The normalized spacial score (nSPS) is 18.6. The zero-order valence-corrected chi connectivity index (χ0v) is 9.47. The van der Waals surface area contributed by atoms with Gasteiger partial charge in [-0.15, -0.1) is 11.8 Å². The van der Waals surface area contributed by atoms with Crippen molar-refractivity contribution in [2.24, 2.45) is 7.05 Å². The molecule has 0 bridgehead atoms. The first-order chi connectivity index (χ1) is 7.13. The van der Waals surface area contributed by atoms with E-state index in [1.165, 1.54) is 0 Å². The molecular weight excluding hydrogens is 210 g/mol. The molecule has 0 aliphatic carbocycles. The predicted molar refractivity (Wildman–Crippen MR) is 57.8 cm³/mol. The van der Waals surface area contributed by atoms with E-state index in [1.54, 1.807) is 23.4 Å². The van der Waals surface area contributed by atoms with Gasteiger partial charge in [0.25, 0.3) is 5.56 Å². The molecule has 1 atom stereocenters. The summed E-state index contributed by atoms with van der Waals surface area (Å²) in [6, 6.07) is 2.14. The number of aromatic nitrogens is 2. The Bertz CT molecular complexity index is 501. The van der Waals surface area contributed by atoms with Crippen LogP contribution in [0.1, 0.15) is 17.8 Å². The second kappa shape index (κ2) is 3.70. The number of rotatable bonds is 1. The van der Waals surface area contributed by atoms with Crippen molar-refractivity contribution in [3.63, 3.8) is 0 Å². The summed E-state index contributed by atoms with van der Waals surface area (Å²) in [6.45, 7) is 1.82. The molecule has 5 heteroatoms. The van der Waals surface area contributed by atoms with E-state index in [0.29, 0.717) is 12.8 Å². The Balaban J connectivity index is 2.44. The fourth-order valence-electron chi connectivity index (χ4n) is 1.65. The predicted octanol–water partition coefficient (Wildman–Crippen LogP) is 1.02. The molecule has 1 aliphatic heterocycles. The highest BCUT2D eigenvalue weighted by Crippen LogP contribution is 2.35. The SMILES string of the molecule is Cc1nc2c(c(=O)n1C)C[C@H](CC#N)S2. The Morgan fingerprint density at radius 1 is 1.73 bits per heavy atom. The highest BCUT2D eigenvalue weighted by Gasteiger charge is 2.27. The minimum Gasteiger partial charge on any atom is -0.300 e. The first kappa shape index (κ1) is 10.2. The van der Waals surface area contributed by atoms with Crippen molar-refractivity contribution < 1.29 is 0 Å². The quantitative estimate of drug-likeness (QED) is 0.664. The summed E-state index contributed by atoms with van der Waals surface area (Å²) >= 11 is 1.55. The standard InChI is InChI=1S/C10H11N3OS/c1-6-12-9-8(10(14)13(6)2)5-7(15-9)3-4-11/h7H,3,5H2,1-2H3/t7-/m0/s1. The van der Waals surface area contributed by atoms with E-state index in [9.17, 15) is 4.79 Å². The van der Waals surface area contributed by atoms with Crippen LogP contribution in [0.4, 0.5) is 0 Å². The van der Waals surface area contributed by atoms with Gasteiger partial charge < -0.3 is 0 Å². The summed E-state index contributed by atoms with van der Waals surface area (Å²) in [5, 5.41) is 9.63. The minimum atomic E-state index is 0.0328. The monoisotopic (exact) mass is 221 g/mol. The summed E-state index contributed by atoms with van der Waals surface area (Å²) in [5.41, 5.74) is 0.804. The van der Waals surface area contributed by atoms with Crippen LogP contribution in [-0.4, -0.2) is 14.8 Å². The molecule has 0 unspecified atom stereocenters. The van der Waals surface area contributed by atoms with Crippen LogP contribution in [0.5, 0.6) is 0 Å². The minimum absolute atomic E-state index is 0.0328. The molecular formula is C10H11N3OS. The lowest BCUT2D eigenvalue weighted by Crippen LogP contribution is -2.24. The molecule has 4 nitrogen and oxygen atoms in total. The molecule has 78 valence electrons. The third-order valence-corrected chi connectivity index (χ3v) is 3.83. The fraction of sp³-hybridized carbons (Fsp3) is 0.500. The number of fused-ring (bicyclic) bond motifs is 1. The first-order valence-electron chi connectivity index (χ1n) is 4.73. The van der Waals surface area contributed by atoms with Crippen LogP contribution in [0.2, 0.25) is 0 Å². The maximum absolute atomic E-state index is 11.9. The van der Waals surface area contributed by atoms with Crippen LogP contribution >= 0.6 is 11.8 Å². The molecule has 2 rings (SSSR count). The molecule has 0 radical (unpaired) electrons. The van der Waals surface area contributed by atoms with E-state index >= 15 is 0 Å². The number of hydrogen-bond donors (Lipinski definition) is 0. The largest absolute Gasteiger partial charge is 0.300 e. The van der Waals surface area contributed by atoms with E-state index in [0.717, 1.165) is 16.4 Å². The van der Waals surface area contributed by atoms with Crippen molar-refractivity contribution in [1.29, 1.82) is 5.26 Å². The van der Waals surface area contributed by atoms with Crippen LogP contribution in [-0.2, 0) is 13.5 Å². The zero-order valence-electron chi connectivity index (χ0n) is 8.65. The summed E-state index contributed by atoms with van der Waals surface area (Å²) in [4.78, 5) is 16.2. The van der Waals surface area contributed by atoms with Gasteiger partial charge in [-0.2, -0.15) is 5.26 Å². The number of nitrogens with zero attached hydrogens (tertiary/aromatic N) is 3. The summed E-state index contributed by atoms with van der Waals surface area (Å²) in [5.74, 6) is 0.726. The van der Waals surface area contributed by atoms with Crippen molar-refractivity contribution in [3.8, 4) is 6.07 Å². The molecule has 1 aromatic heterocycles. The number of aryl methyl sites for hydroxylation is 1. The Labute approximate surface area is 91.9 Å². The van der Waals surface area contributed by atoms with E-state index < -0.39 is 0 Å². The molecule has 0 amide bonds. The van der Waals surface area contributed by atoms with Gasteiger partial charge in [-0.1, -0.05) is 0 Å². The molecule has 1 aromatic rings. The van der Waals surface area contributed by atoms with Crippen LogP contribution in [0, 0.1) is 18.3 Å². The van der Waals surface area contributed by atoms with Crippen molar-refractivity contribution in [2.75, 3.05) is 0 Å². The molecule has 0 spiro atoms. The van der Waals surface area contributed by atoms with Gasteiger partial charge in [-0.3, -0.25) is 9.36 Å². The zero-order chi connectivity index (χ0) is 11.0. The fourth-order valence-corrected chi connectivity index (χ4v) is 2.87. The summed E-state index contributed by atoms with van der Waals surface area (Å²) < 4.78 is 1.56. The topological polar surface area (TPSA) is 58.7 Å².